The second-order valence-electron chi connectivity index (χ2n) is 3.01. The summed E-state index contributed by atoms with van der Waals surface area (Å²) in [6.45, 7) is 5.92. The molecule has 4 heteroatoms. The number of amides is 2. The van der Waals surface area contributed by atoms with Gasteiger partial charge < -0.3 is 9.80 Å². The van der Waals surface area contributed by atoms with Crippen LogP contribution in [0, 0.1) is 0 Å². The summed E-state index contributed by atoms with van der Waals surface area (Å²) >= 11 is 5.56. The van der Waals surface area contributed by atoms with Crippen LogP contribution in [0.25, 0.3) is 0 Å². The first-order valence-electron chi connectivity index (χ1n) is 3.88. The normalized spacial score (nSPS) is 17.3. The molecule has 0 saturated carbocycles. The standard InChI is InChI=1S/C8H13ClN2O/c1-7(5-9)6-11-4-3-10(2)8(11)12/h1,3-6H2,2H3. The van der Waals surface area contributed by atoms with E-state index in [4.69, 9.17) is 11.6 Å². The Morgan fingerprint density at radius 1 is 1.67 bits per heavy atom. The lowest BCUT2D eigenvalue weighted by molar-refractivity contribution is 0.201. The van der Waals surface area contributed by atoms with Gasteiger partial charge in [-0.2, -0.15) is 0 Å². The maximum atomic E-state index is 11.3. The van der Waals surface area contributed by atoms with Crippen LogP contribution >= 0.6 is 11.6 Å². The molecule has 1 saturated heterocycles. The molecule has 2 amide bonds. The van der Waals surface area contributed by atoms with E-state index in [0.717, 1.165) is 18.7 Å². The second-order valence-corrected chi connectivity index (χ2v) is 3.28. The summed E-state index contributed by atoms with van der Waals surface area (Å²) in [7, 11) is 1.80. The van der Waals surface area contributed by atoms with Gasteiger partial charge in [-0.3, -0.25) is 0 Å². The van der Waals surface area contributed by atoms with Crippen molar-refractivity contribution in [1.82, 2.24) is 9.80 Å². The molecule has 0 aliphatic carbocycles. The van der Waals surface area contributed by atoms with Gasteiger partial charge in [-0.1, -0.05) is 6.58 Å². The minimum atomic E-state index is 0.0706. The van der Waals surface area contributed by atoms with Crippen molar-refractivity contribution in [3.63, 3.8) is 0 Å². The van der Waals surface area contributed by atoms with E-state index in [0.29, 0.717) is 12.4 Å². The third kappa shape index (κ3) is 1.91. The quantitative estimate of drug-likeness (QED) is 0.482. The molecule has 1 rings (SSSR count). The number of nitrogens with zero attached hydrogens (tertiary/aromatic N) is 2. The van der Waals surface area contributed by atoms with Crippen LogP contribution in [0.2, 0.25) is 0 Å². The van der Waals surface area contributed by atoms with Crippen LogP contribution in [-0.2, 0) is 0 Å². The first-order valence-corrected chi connectivity index (χ1v) is 4.41. The van der Waals surface area contributed by atoms with Gasteiger partial charge in [-0.15, -0.1) is 11.6 Å². The first-order chi connectivity index (χ1) is 5.65. The molecule has 0 aromatic carbocycles. The van der Waals surface area contributed by atoms with Gasteiger partial charge in [0.05, 0.1) is 0 Å². The number of likely N-dealkylation sites (N-methyl/N-ethyl adjacent to an activating group) is 1. The molecule has 0 aromatic rings. The summed E-state index contributed by atoms with van der Waals surface area (Å²) in [5.74, 6) is 0.424. The fourth-order valence-corrected chi connectivity index (χ4v) is 1.25. The van der Waals surface area contributed by atoms with Crippen molar-refractivity contribution in [2.45, 2.75) is 0 Å². The molecular weight excluding hydrogens is 176 g/mol. The summed E-state index contributed by atoms with van der Waals surface area (Å²) in [4.78, 5) is 14.8. The Labute approximate surface area is 77.6 Å². The zero-order valence-electron chi connectivity index (χ0n) is 7.22. The zero-order valence-corrected chi connectivity index (χ0v) is 7.97. The summed E-state index contributed by atoms with van der Waals surface area (Å²) < 4.78 is 0. The maximum Gasteiger partial charge on any atom is 0.320 e. The minimum Gasteiger partial charge on any atom is -0.326 e. The number of rotatable bonds is 3. The van der Waals surface area contributed by atoms with E-state index in [1.54, 1.807) is 16.8 Å². The number of hydrogen-bond acceptors (Lipinski definition) is 1. The van der Waals surface area contributed by atoms with E-state index in [-0.39, 0.29) is 6.03 Å². The van der Waals surface area contributed by atoms with Crippen LogP contribution in [-0.4, -0.2) is 48.4 Å². The Kier molecular flexibility index (Phi) is 2.98. The Bertz CT molecular complexity index is 205. The molecular formula is C8H13ClN2O. The predicted molar refractivity (Wildman–Crippen MR) is 49.5 cm³/mol. The van der Waals surface area contributed by atoms with Crippen LogP contribution < -0.4 is 0 Å². The highest BCUT2D eigenvalue weighted by molar-refractivity contribution is 6.19. The second kappa shape index (κ2) is 3.81. The number of urea groups is 1. The highest BCUT2D eigenvalue weighted by Gasteiger charge is 2.24. The van der Waals surface area contributed by atoms with Crippen LogP contribution in [0.15, 0.2) is 12.2 Å². The molecule has 0 spiro atoms. The molecule has 3 nitrogen and oxygen atoms in total. The third-order valence-corrected chi connectivity index (χ3v) is 2.28. The van der Waals surface area contributed by atoms with Crippen LogP contribution in [0.4, 0.5) is 4.79 Å². The third-order valence-electron chi connectivity index (χ3n) is 1.91. The monoisotopic (exact) mass is 188 g/mol. The Balaban J connectivity index is 2.44. The molecule has 0 bridgehead atoms. The van der Waals surface area contributed by atoms with Crippen molar-refractivity contribution in [3.05, 3.63) is 12.2 Å². The number of alkyl halides is 1. The maximum absolute atomic E-state index is 11.3. The fraction of sp³-hybridized carbons (Fsp3) is 0.625. The van der Waals surface area contributed by atoms with E-state index in [1.165, 1.54) is 0 Å². The predicted octanol–water partition coefficient (Wildman–Crippen LogP) is 1.15. The lowest BCUT2D eigenvalue weighted by Crippen LogP contribution is -2.31. The summed E-state index contributed by atoms with van der Waals surface area (Å²) in [6, 6.07) is 0.0706. The molecule has 12 heavy (non-hydrogen) atoms. The topological polar surface area (TPSA) is 23.6 Å². The molecule has 0 aromatic heterocycles. The fourth-order valence-electron chi connectivity index (χ4n) is 1.16. The van der Waals surface area contributed by atoms with Crippen molar-refractivity contribution in [3.8, 4) is 0 Å². The average molecular weight is 189 g/mol. The van der Waals surface area contributed by atoms with Crippen molar-refractivity contribution in [2.75, 3.05) is 32.6 Å². The van der Waals surface area contributed by atoms with Gasteiger partial charge in [-0.05, 0) is 5.57 Å². The molecule has 1 aliphatic rings. The summed E-state index contributed by atoms with van der Waals surface area (Å²) in [5, 5.41) is 0. The van der Waals surface area contributed by atoms with E-state index >= 15 is 0 Å². The van der Waals surface area contributed by atoms with E-state index in [2.05, 4.69) is 6.58 Å². The molecule has 1 fully saturated rings. The lowest BCUT2D eigenvalue weighted by Gasteiger charge is -2.15. The molecule has 0 unspecified atom stereocenters. The number of hydrogen-bond donors (Lipinski definition) is 0. The van der Waals surface area contributed by atoms with Crippen molar-refractivity contribution >= 4 is 17.6 Å². The van der Waals surface area contributed by atoms with Crippen molar-refractivity contribution < 1.29 is 4.79 Å². The highest BCUT2D eigenvalue weighted by Crippen LogP contribution is 2.08. The van der Waals surface area contributed by atoms with Gasteiger partial charge in [0.1, 0.15) is 0 Å². The highest BCUT2D eigenvalue weighted by atomic mass is 35.5. The van der Waals surface area contributed by atoms with Crippen molar-refractivity contribution in [2.24, 2.45) is 0 Å². The Morgan fingerprint density at radius 3 is 2.75 bits per heavy atom. The van der Waals surface area contributed by atoms with E-state index < -0.39 is 0 Å². The molecule has 1 aliphatic heterocycles. The van der Waals surface area contributed by atoms with Crippen LogP contribution in [0.3, 0.4) is 0 Å². The Hall–Kier alpha value is -0.700. The lowest BCUT2D eigenvalue weighted by atomic mass is 10.3. The van der Waals surface area contributed by atoms with E-state index in [9.17, 15) is 4.79 Å². The zero-order chi connectivity index (χ0) is 9.14. The number of halogens is 1. The number of carbonyl (C=O) groups excluding carboxylic acids is 1. The molecule has 0 radical (unpaired) electrons. The number of carbonyl (C=O) groups is 1. The Morgan fingerprint density at radius 2 is 2.33 bits per heavy atom. The molecule has 0 N–H and O–H groups in total. The van der Waals surface area contributed by atoms with Gasteiger partial charge in [0.15, 0.2) is 0 Å². The molecule has 1 heterocycles. The van der Waals surface area contributed by atoms with Gasteiger partial charge >= 0.3 is 6.03 Å². The van der Waals surface area contributed by atoms with Gasteiger partial charge in [0, 0.05) is 32.6 Å². The summed E-state index contributed by atoms with van der Waals surface area (Å²) in [5.41, 5.74) is 0.889. The van der Waals surface area contributed by atoms with E-state index in [1.807, 2.05) is 0 Å². The molecule has 0 atom stereocenters. The summed E-state index contributed by atoms with van der Waals surface area (Å²) in [6.07, 6.45) is 0. The SMILES string of the molecule is C=C(CCl)CN1CCN(C)C1=O. The molecule has 68 valence electrons. The van der Waals surface area contributed by atoms with Gasteiger partial charge in [-0.25, -0.2) is 4.79 Å². The first kappa shape index (κ1) is 9.39. The van der Waals surface area contributed by atoms with Crippen LogP contribution in [0.5, 0.6) is 0 Å². The smallest absolute Gasteiger partial charge is 0.320 e. The largest absolute Gasteiger partial charge is 0.326 e. The van der Waals surface area contributed by atoms with Gasteiger partial charge in [0.2, 0.25) is 0 Å². The van der Waals surface area contributed by atoms with Crippen LogP contribution in [0.1, 0.15) is 0 Å². The minimum absolute atomic E-state index is 0.0706. The van der Waals surface area contributed by atoms with Gasteiger partial charge in [0.25, 0.3) is 0 Å². The van der Waals surface area contributed by atoms with Crippen molar-refractivity contribution in [1.29, 1.82) is 0 Å². The average Bonchev–Trinajstić information content (AvgIpc) is 2.36.